The molecule has 0 aliphatic carbocycles. The summed E-state index contributed by atoms with van der Waals surface area (Å²) in [4.78, 5) is 11.9. The fourth-order valence-corrected chi connectivity index (χ4v) is 1.68. The van der Waals surface area contributed by atoms with Gasteiger partial charge in [0.1, 0.15) is 11.6 Å². The zero-order chi connectivity index (χ0) is 14.5. The Bertz CT molecular complexity index is 675. The van der Waals surface area contributed by atoms with Crippen LogP contribution in [0.15, 0.2) is 42.5 Å². The molecule has 0 heterocycles. The van der Waals surface area contributed by atoms with Gasteiger partial charge in [-0.2, -0.15) is 5.26 Å². The number of nitriles is 1. The lowest BCUT2D eigenvalue weighted by atomic mass is 10.1. The first-order valence-corrected chi connectivity index (χ1v) is 5.86. The second-order valence-electron chi connectivity index (χ2n) is 4.15. The fraction of sp³-hybridized carbons (Fsp3) is 0.0667. The first kappa shape index (κ1) is 13.6. The van der Waals surface area contributed by atoms with Gasteiger partial charge < -0.3 is 10.4 Å². The number of benzene rings is 2. The quantitative estimate of drug-likeness (QED) is 0.900. The monoisotopic (exact) mass is 270 g/mol. The van der Waals surface area contributed by atoms with Crippen LogP contribution in [0.1, 0.15) is 15.9 Å². The molecule has 20 heavy (non-hydrogen) atoms. The van der Waals surface area contributed by atoms with E-state index in [-0.39, 0.29) is 11.3 Å². The molecule has 2 aromatic carbocycles. The molecule has 0 aliphatic heterocycles. The fourth-order valence-electron chi connectivity index (χ4n) is 1.68. The van der Waals surface area contributed by atoms with Crippen LogP contribution in [0, 0.1) is 17.1 Å². The van der Waals surface area contributed by atoms with Crippen LogP contribution in [0.5, 0.6) is 5.75 Å². The van der Waals surface area contributed by atoms with Gasteiger partial charge in [-0.15, -0.1) is 0 Å². The number of phenolic OH excluding ortho intramolecular Hbond substituents is 1. The third kappa shape index (κ3) is 3.12. The van der Waals surface area contributed by atoms with Crippen LogP contribution in [-0.2, 0) is 6.42 Å². The SMILES string of the molecule is N#CCc1ccc(NC(=O)c2ccc(O)cc2F)cc1. The Morgan fingerprint density at radius 2 is 1.95 bits per heavy atom. The average Bonchev–Trinajstić information content (AvgIpc) is 2.41. The molecule has 0 fully saturated rings. The zero-order valence-electron chi connectivity index (χ0n) is 10.4. The highest BCUT2D eigenvalue weighted by Gasteiger charge is 2.12. The molecule has 0 saturated carbocycles. The van der Waals surface area contributed by atoms with Crippen molar-refractivity contribution in [1.82, 2.24) is 0 Å². The van der Waals surface area contributed by atoms with Crippen molar-refractivity contribution in [2.24, 2.45) is 0 Å². The highest BCUT2D eigenvalue weighted by Crippen LogP contribution is 2.17. The molecule has 0 aromatic heterocycles. The standard InChI is InChI=1S/C15H11FN2O2/c16-14-9-12(19)5-6-13(14)15(20)18-11-3-1-10(2-4-11)7-8-17/h1-6,9,19H,7H2,(H,18,20). The Kier molecular flexibility index (Phi) is 3.96. The Balaban J connectivity index is 2.13. The minimum absolute atomic E-state index is 0.149. The van der Waals surface area contributed by atoms with Crippen molar-refractivity contribution in [3.63, 3.8) is 0 Å². The Labute approximate surface area is 115 Å². The molecule has 0 saturated heterocycles. The summed E-state index contributed by atoms with van der Waals surface area (Å²) in [5, 5.41) is 20.2. The number of carbonyl (C=O) groups excluding carboxylic acids is 1. The van der Waals surface area contributed by atoms with Crippen LogP contribution in [0.2, 0.25) is 0 Å². The Hall–Kier alpha value is -2.87. The maximum atomic E-state index is 13.5. The van der Waals surface area contributed by atoms with Crippen LogP contribution in [0.4, 0.5) is 10.1 Å². The number of aromatic hydroxyl groups is 1. The lowest BCUT2D eigenvalue weighted by Gasteiger charge is -2.07. The van der Waals surface area contributed by atoms with Crippen molar-refractivity contribution >= 4 is 11.6 Å². The summed E-state index contributed by atoms with van der Waals surface area (Å²) in [6, 6.07) is 12.1. The van der Waals surface area contributed by atoms with Gasteiger partial charge in [0, 0.05) is 11.8 Å². The topological polar surface area (TPSA) is 73.1 Å². The Morgan fingerprint density at radius 1 is 1.25 bits per heavy atom. The van der Waals surface area contributed by atoms with E-state index >= 15 is 0 Å². The molecule has 100 valence electrons. The Morgan fingerprint density at radius 3 is 2.55 bits per heavy atom. The predicted molar refractivity (Wildman–Crippen MR) is 71.8 cm³/mol. The van der Waals surface area contributed by atoms with Gasteiger partial charge in [0.2, 0.25) is 0 Å². The molecular weight excluding hydrogens is 259 g/mol. The molecule has 0 atom stereocenters. The lowest BCUT2D eigenvalue weighted by Crippen LogP contribution is -2.13. The third-order valence-electron chi connectivity index (χ3n) is 2.69. The molecule has 0 unspecified atom stereocenters. The summed E-state index contributed by atoms with van der Waals surface area (Å²) in [6.07, 6.45) is 0.292. The minimum Gasteiger partial charge on any atom is -0.508 e. The number of hydrogen-bond acceptors (Lipinski definition) is 3. The number of nitrogens with one attached hydrogen (secondary N) is 1. The summed E-state index contributed by atoms with van der Waals surface area (Å²) in [6.45, 7) is 0. The zero-order valence-corrected chi connectivity index (χ0v) is 10.4. The third-order valence-corrected chi connectivity index (χ3v) is 2.69. The van der Waals surface area contributed by atoms with E-state index in [9.17, 15) is 9.18 Å². The van der Waals surface area contributed by atoms with Gasteiger partial charge >= 0.3 is 0 Å². The van der Waals surface area contributed by atoms with Crippen LogP contribution in [0.3, 0.4) is 0 Å². The largest absolute Gasteiger partial charge is 0.508 e. The molecule has 2 aromatic rings. The van der Waals surface area contributed by atoms with Crippen molar-refractivity contribution < 1.29 is 14.3 Å². The van der Waals surface area contributed by atoms with Gasteiger partial charge in [0.15, 0.2) is 0 Å². The molecule has 1 amide bonds. The molecule has 0 bridgehead atoms. The number of halogens is 1. The maximum Gasteiger partial charge on any atom is 0.258 e. The van der Waals surface area contributed by atoms with E-state index in [4.69, 9.17) is 10.4 Å². The number of nitrogens with zero attached hydrogens (tertiary/aromatic N) is 1. The summed E-state index contributed by atoms with van der Waals surface area (Å²) >= 11 is 0. The van der Waals surface area contributed by atoms with E-state index in [2.05, 4.69) is 5.32 Å². The summed E-state index contributed by atoms with van der Waals surface area (Å²) < 4.78 is 13.5. The van der Waals surface area contributed by atoms with Gasteiger partial charge in [-0.1, -0.05) is 12.1 Å². The molecule has 0 aliphatic rings. The molecular formula is C15H11FN2O2. The van der Waals surface area contributed by atoms with Gasteiger partial charge in [-0.05, 0) is 29.8 Å². The van der Waals surface area contributed by atoms with E-state index in [0.717, 1.165) is 11.6 Å². The van der Waals surface area contributed by atoms with Crippen molar-refractivity contribution in [2.45, 2.75) is 6.42 Å². The summed E-state index contributed by atoms with van der Waals surface area (Å²) in [5.74, 6) is -1.63. The first-order valence-electron chi connectivity index (χ1n) is 5.86. The van der Waals surface area contributed by atoms with Crippen molar-refractivity contribution in [3.8, 4) is 11.8 Å². The van der Waals surface area contributed by atoms with E-state index in [1.807, 2.05) is 6.07 Å². The van der Waals surface area contributed by atoms with Crippen molar-refractivity contribution in [3.05, 3.63) is 59.4 Å². The molecule has 0 spiro atoms. The highest BCUT2D eigenvalue weighted by atomic mass is 19.1. The number of amides is 1. The van der Waals surface area contributed by atoms with Gasteiger partial charge in [-0.25, -0.2) is 4.39 Å². The van der Waals surface area contributed by atoms with E-state index in [1.54, 1.807) is 24.3 Å². The van der Waals surface area contributed by atoms with Crippen LogP contribution in [-0.4, -0.2) is 11.0 Å². The van der Waals surface area contributed by atoms with Gasteiger partial charge in [0.05, 0.1) is 18.1 Å². The van der Waals surface area contributed by atoms with E-state index < -0.39 is 11.7 Å². The van der Waals surface area contributed by atoms with Crippen molar-refractivity contribution in [2.75, 3.05) is 5.32 Å². The predicted octanol–water partition coefficient (Wildman–Crippen LogP) is 2.85. The van der Waals surface area contributed by atoms with Crippen molar-refractivity contribution in [1.29, 1.82) is 5.26 Å². The maximum absolute atomic E-state index is 13.5. The molecule has 5 heteroatoms. The second kappa shape index (κ2) is 5.85. The summed E-state index contributed by atoms with van der Waals surface area (Å²) in [5.41, 5.74) is 1.19. The van der Waals surface area contributed by atoms with E-state index in [1.165, 1.54) is 12.1 Å². The van der Waals surface area contributed by atoms with Crippen LogP contribution in [0.25, 0.3) is 0 Å². The number of carbonyl (C=O) groups is 1. The normalized spacial score (nSPS) is 9.80. The first-order chi connectivity index (χ1) is 9.60. The lowest BCUT2D eigenvalue weighted by molar-refractivity contribution is 0.102. The van der Waals surface area contributed by atoms with Gasteiger partial charge in [-0.3, -0.25) is 4.79 Å². The second-order valence-corrected chi connectivity index (χ2v) is 4.15. The van der Waals surface area contributed by atoms with E-state index in [0.29, 0.717) is 12.1 Å². The van der Waals surface area contributed by atoms with Crippen LogP contribution < -0.4 is 5.32 Å². The minimum atomic E-state index is -0.788. The number of phenols is 1. The average molecular weight is 270 g/mol. The highest BCUT2D eigenvalue weighted by molar-refractivity contribution is 6.04. The molecule has 2 rings (SSSR count). The number of hydrogen-bond donors (Lipinski definition) is 2. The van der Waals surface area contributed by atoms with Gasteiger partial charge in [0.25, 0.3) is 5.91 Å². The number of anilines is 1. The number of rotatable bonds is 3. The molecule has 4 nitrogen and oxygen atoms in total. The molecule has 2 N–H and O–H groups in total. The smallest absolute Gasteiger partial charge is 0.258 e. The molecule has 0 radical (unpaired) electrons. The van der Waals surface area contributed by atoms with Crippen LogP contribution >= 0.6 is 0 Å². The summed E-state index contributed by atoms with van der Waals surface area (Å²) in [7, 11) is 0.